The van der Waals surface area contributed by atoms with Crippen LogP contribution in [-0.4, -0.2) is 72.9 Å². The fraction of sp³-hybridized carbons (Fsp3) is 0.887. The highest BCUT2D eigenvalue weighted by Crippen LogP contribution is 2.26. The first-order valence-electron chi connectivity index (χ1n) is 26.4. The third-order valence-corrected chi connectivity index (χ3v) is 12.8. The van der Waals surface area contributed by atoms with Gasteiger partial charge in [-0.1, -0.05) is 168 Å². The van der Waals surface area contributed by atoms with E-state index in [0.717, 1.165) is 159 Å². The lowest BCUT2D eigenvalue weighted by Crippen LogP contribution is -2.39. The number of rotatable bonds is 44. The van der Waals surface area contributed by atoms with E-state index in [1.807, 2.05) is 6.92 Å². The van der Waals surface area contributed by atoms with E-state index < -0.39 is 0 Å². The highest BCUT2D eigenvalue weighted by atomic mass is 16.5. The maximum absolute atomic E-state index is 13.3. The minimum Gasteiger partial charge on any atom is -0.466 e. The summed E-state index contributed by atoms with van der Waals surface area (Å²) in [5.41, 5.74) is 1.97. The number of carbonyl (C=O) groups excluding carboxylic acids is 4. The van der Waals surface area contributed by atoms with E-state index in [9.17, 15) is 19.2 Å². The number of allylic oxidation sites excluding steroid dienone is 1. The van der Waals surface area contributed by atoms with E-state index in [1.54, 1.807) is 0 Å². The maximum Gasteiger partial charge on any atom is 0.306 e. The Bertz CT molecular complexity index is 1090. The minimum atomic E-state index is -0.109. The lowest BCUT2D eigenvalue weighted by Gasteiger charge is -2.26. The lowest BCUT2D eigenvalue weighted by molar-refractivity contribution is -0.150. The molecule has 0 saturated heterocycles. The van der Waals surface area contributed by atoms with Crippen molar-refractivity contribution in [1.82, 2.24) is 9.80 Å². The summed E-state index contributed by atoms with van der Waals surface area (Å²) < 4.78 is 11.5. The quantitative estimate of drug-likeness (QED) is 0.0342. The van der Waals surface area contributed by atoms with Crippen molar-refractivity contribution in [2.24, 2.45) is 0 Å². The number of hydrogen-bond acceptors (Lipinski definition) is 7. The van der Waals surface area contributed by atoms with Crippen molar-refractivity contribution < 1.29 is 28.7 Å². The van der Waals surface area contributed by atoms with E-state index in [2.05, 4.69) is 25.7 Å². The lowest BCUT2D eigenvalue weighted by atomic mass is 9.92. The van der Waals surface area contributed by atoms with Crippen LogP contribution in [0.4, 0.5) is 0 Å². The van der Waals surface area contributed by atoms with Crippen LogP contribution >= 0.6 is 0 Å². The van der Waals surface area contributed by atoms with Gasteiger partial charge in [-0.15, -0.1) is 0 Å². The topological polar surface area (TPSA) is 93.2 Å². The van der Waals surface area contributed by atoms with Crippen LogP contribution in [0.1, 0.15) is 265 Å². The molecule has 0 bridgehead atoms. The highest BCUT2D eigenvalue weighted by Gasteiger charge is 2.22. The number of amides is 2. The van der Waals surface area contributed by atoms with Crippen molar-refractivity contribution in [3.63, 3.8) is 0 Å². The molecule has 0 spiro atoms. The first kappa shape index (κ1) is 56.8. The fourth-order valence-electron chi connectivity index (χ4n) is 8.70. The molecule has 0 fully saturated rings. The van der Waals surface area contributed by atoms with Crippen LogP contribution in [0.25, 0.3) is 0 Å². The van der Waals surface area contributed by atoms with Gasteiger partial charge in [0, 0.05) is 31.5 Å². The molecule has 0 aromatic rings. The van der Waals surface area contributed by atoms with Gasteiger partial charge in [0.1, 0.15) is 6.10 Å². The molecule has 8 nitrogen and oxygen atoms in total. The predicted octanol–water partition coefficient (Wildman–Crippen LogP) is 14.6. The van der Waals surface area contributed by atoms with Gasteiger partial charge in [0.05, 0.1) is 6.61 Å². The van der Waals surface area contributed by atoms with Crippen molar-refractivity contribution in [3.8, 4) is 0 Å². The van der Waals surface area contributed by atoms with Crippen LogP contribution in [-0.2, 0) is 28.7 Å². The maximum atomic E-state index is 13.3. The SMILES string of the molecule is CCCCCCCCCOC(=O)CCCCCCCN(CCCCCCCC(=O)OC(CCCCCCCC)CCCCCCCC)CCN(C=O)C(=O)C1=C(C)CCCC1. The van der Waals surface area contributed by atoms with E-state index >= 15 is 0 Å². The second kappa shape index (κ2) is 41.8. The van der Waals surface area contributed by atoms with Crippen molar-refractivity contribution in [3.05, 3.63) is 11.1 Å². The molecule has 0 unspecified atom stereocenters. The number of hydrogen-bond donors (Lipinski definition) is 0. The molecular formula is C53H98N2O6. The molecule has 0 heterocycles. The van der Waals surface area contributed by atoms with Crippen molar-refractivity contribution >= 4 is 24.3 Å². The number of esters is 2. The predicted molar refractivity (Wildman–Crippen MR) is 256 cm³/mol. The summed E-state index contributed by atoms with van der Waals surface area (Å²) in [6.45, 7) is 12.3. The zero-order valence-electron chi connectivity index (χ0n) is 40.7. The molecule has 0 atom stereocenters. The van der Waals surface area contributed by atoms with E-state index in [0.29, 0.717) is 32.5 Å². The Labute approximate surface area is 376 Å². The monoisotopic (exact) mass is 859 g/mol. The molecular weight excluding hydrogens is 761 g/mol. The zero-order chi connectivity index (χ0) is 44.4. The Morgan fingerprint density at radius 1 is 0.525 bits per heavy atom. The van der Waals surface area contributed by atoms with Gasteiger partial charge >= 0.3 is 11.9 Å². The molecule has 0 N–H and O–H groups in total. The van der Waals surface area contributed by atoms with Crippen LogP contribution in [0, 0.1) is 0 Å². The summed E-state index contributed by atoms with van der Waals surface area (Å²) in [6, 6.07) is 0. The Hall–Kier alpha value is -2.22. The highest BCUT2D eigenvalue weighted by molar-refractivity contribution is 5.99. The molecule has 0 aromatic carbocycles. The number of ether oxygens (including phenoxy) is 2. The molecule has 61 heavy (non-hydrogen) atoms. The van der Waals surface area contributed by atoms with E-state index in [1.165, 1.54) is 101 Å². The average molecular weight is 859 g/mol. The Morgan fingerprint density at radius 2 is 0.967 bits per heavy atom. The third kappa shape index (κ3) is 33.0. The second-order valence-electron chi connectivity index (χ2n) is 18.5. The van der Waals surface area contributed by atoms with Gasteiger partial charge in [0.2, 0.25) is 6.41 Å². The summed E-state index contributed by atoms with van der Waals surface area (Å²) in [5.74, 6) is -0.181. The molecule has 0 radical (unpaired) electrons. The van der Waals surface area contributed by atoms with Crippen LogP contribution < -0.4 is 0 Å². The normalized spacial score (nSPS) is 13.0. The molecule has 1 aliphatic rings. The largest absolute Gasteiger partial charge is 0.466 e. The van der Waals surface area contributed by atoms with Gasteiger partial charge in [-0.05, 0) is 103 Å². The van der Waals surface area contributed by atoms with Crippen molar-refractivity contribution in [2.75, 3.05) is 32.8 Å². The van der Waals surface area contributed by atoms with Crippen molar-refractivity contribution in [2.45, 2.75) is 271 Å². The zero-order valence-corrected chi connectivity index (χ0v) is 40.7. The number of nitrogens with zero attached hydrogens (tertiary/aromatic N) is 2. The van der Waals surface area contributed by atoms with Gasteiger partial charge in [0.25, 0.3) is 5.91 Å². The molecule has 1 rings (SSSR count). The summed E-state index contributed by atoms with van der Waals surface area (Å²) in [5, 5.41) is 0. The molecule has 8 heteroatoms. The van der Waals surface area contributed by atoms with E-state index in [-0.39, 0.29) is 23.9 Å². The third-order valence-electron chi connectivity index (χ3n) is 12.8. The van der Waals surface area contributed by atoms with Crippen molar-refractivity contribution in [1.29, 1.82) is 0 Å². The van der Waals surface area contributed by atoms with Gasteiger partial charge in [0.15, 0.2) is 0 Å². The van der Waals surface area contributed by atoms with Crippen LogP contribution in [0.2, 0.25) is 0 Å². The van der Waals surface area contributed by atoms with Gasteiger partial charge in [-0.25, -0.2) is 0 Å². The van der Waals surface area contributed by atoms with E-state index in [4.69, 9.17) is 9.47 Å². The van der Waals surface area contributed by atoms with Gasteiger partial charge < -0.3 is 14.4 Å². The molecule has 0 aromatic heterocycles. The summed E-state index contributed by atoms with van der Waals surface area (Å²) in [6.07, 6.45) is 41.7. The molecule has 356 valence electrons. The fourth-order valence-corrected chi connectivity index (χ4v) is 8.70. The van der Waals surface area contributed by atoms with Gasteiger partial charge in [-0.3, -0.25) is 24.1 Å². The first-order chi connectivity index (χ1) is 29.9. The summed E-state index contributed by atoms with van der Waals surface area (Å²) in [4.78, 5) is 54.3. The Balaban J connectivity index is 2.47. The molecule has 0 aliphatic heterocycles. The Morgan fingerprint density at radius 3 is 1.48 bits per heavy atom. The summed E-state index contributed by atoms with van der Waals surface area (Å²) in [7, 11) is 0. The van der Waals surface area contributed by atoms with Crippen LogP contribution in [0.5, 0.6) is 0 Å². The van der Waals surface area contributed by atoms with Crippen LogP contribution in [0.15, 0.2) is 11.1 Å². The molecule has 0 saturated carbocycles. The second-order valence-corrected chi connectivity index (χ2v) is 18.5. The Kier molecular flexibility index (Phi) is 38.9. The average Bonchev–Trinajstić information content (AvgIpc) is 3.26. The number of unbranched alkanes of at least 4 members (excludes halogenated alkanes) is 24. The van der Waals surface area contributed by atoms with Gasteiger partial charge in [-0.2, -0.15) is 0 Å². The molecule has 2 amide bonds. The summed E-state index contributed by atoms with van der Waals surface area (Å²) >= 11 is 0. The standard InChI is InChI=1S/C53H98N2O6/c1-5-8-11-14-17-26-35-46-60-51(57)40-29-22-18-24-33-42-54(44-45-55(47-56)53(59)50-39-32-31-36-48(50)4)43-34-25-19-23-30-41-52(58)61-49(37-27-20-15-12-9-6-2)38-28-21-16-13-10-7-3/h47,49H,5-46H2,1-4H3. The number of imide groups is 1. The minimum absolute atomic E-state index is 0.0136. The smallest absolute Gasteiger partial charge is 0.306 e. The molecule has 1 aliphatic carbocycles. The first-order valence-corrected chi connectivity index (χ1v) is 26.4. The number of carbonyl (C=O) groups is 4. The van der Waals surface area contributed by atoms with Crippen LogP contribution in [0.3, 0.4) is 0 Å².